The number of allylic oxidation sites excluding steroid dienone is 3. The summed E-state index contributed by atoms with van der Waals surface area (Å²) in [6.45, 7) is 3.84. The summed E-state index contributed by atoms with van der Waals surface area (Å²) >= 11 is 0. The number of aliphatic hydroxyl groups excluding tert-OH is 2. The zero-order valence-electron chi connectivity index (χ0n) is 25.9. The number of carbonyl (C=O) groups excluding carboxylic acids is 1. The van der Waals surface area contributed by atoms with Crippen LogP contribution in [-0.4, -0.2) is 59.0 Å². The third kappa shape index (κ3) is 26.3. The number of hydrogen-bond donors (Lipinski definition) is 5. The van der Waals surface area contributed by atoms with Gasteiger partial charge in [0.1, 0.15) is 0 Å². The molecule has 0 aliphatic rings. The van der Waals surface area contributed by atoms with E-state index < -0.39 is 38.6 Å². The molecule has 10 heteroatoms. The molecule has 4 atom stereocenters. The topological polar surface area (TPSA) is 151 Å². The Balaban J connectivity index is 4.60. The Hall–Kier alpha value is -1.06. The monoisotopic (exact) mass is 604 g/mol. The van der Waals surface area contributed by atoms with E-state index in [1.807, 2.05) is 6.08 Å². The number of nitrogens with one attached hydrogen (secondary N) is 1. The highest BCUT2D eigenvalue weighted by molar-refractivity contribution is 7.47. The maximum absolute atomic E-state index is 12.6. The number of carbonyl (C=O) groups is 1. The molecule has 0 heterocycles. The van der Waals surface area contributed by atoms with Crippen LogP contribution in [0.25, 0.3) is 0 Å². The molecular formula is C31H61N2O7P. The number of rotatable bonds is 29. The molecule has 1 amide bonds. The quantitative estimate of drug-likeness (QED) is 0.0371. The van der Waals surface area contributed by atoms with E-state index in [1.54, 1.807) is 6.08 Å². The molecule has 0 bridgehead atoms. The minimum absolute atomic E-state index is 0.0451. The smallest absolute Gasteiger partial charge is 0.393 e. The van der Waals surface area contributed by atoms with E-state index in [9.17, 15) is 24.5 Å². The van der Waals surface area contributed by atoms with Crippen molar-refractivity contribution >= 4 is 13.7 Å². The lowest BCUT2D eigenvalue weighted by Gasteiger charge is -2.24. The zero-order chi connectivity index (χ0) is 30.6. The highest BCUT2D eigenvalue weighted by Gasteiger charge is 2.27. The van der Waals surface area contributed by atoms with E-state index in [1.165, 1.54) is 64.2 Å². The van der Waals surface area contributed by atoms with Crippen molar-refractivity contribution in [3.05, 3.63) is 24.3 Å². The summed E-state index contributed by atoms with van der Waals surface area (Å²) in [6.07, 6.45) is 24.2. The Labute approximate surface area is 250 Å². The second-order valence-corrected chi connectivity index (χ2v) is 12.3. The number of phosphoric ester groups is 1. The lowest BCUT2D eigenvalue weighted by atomic mass is 10.0. The molecule has 0 fully saturated rings. The molecule has 9 nitrogen and oxygen atoms in total. The second kappa shape index (κ2) is 27.8. The molecule has 0 aromatic rings. The van der Waals surface area contributed by atoms with Crippen molar-refractivity contribution < 1.29 is 33.5 Å². The van der Waals surface area contributed by atoms with Gasteiger partial charge in [-0.1, -0.05) is 115 Å². The normalized spacial score (nSPS) is 15.8. The molecule has 0 rings (SSSR count). The molecule has 0 aliphatic carbocycles. The Morgan fingerprint density at radius 2 is 1.39 bits per heavy atom. The molecule has 0 aliphatic heterocycles. The van der Waals surface area contributed by atoms with Gasteiger partial charge in [-0.25, -0.2) is 4.57 Å². The third-order valence-electron chi connectivity index (χ3n) is 6.83. The summed E-state index contributed by atoms with van der Waals surface area (Å²) < 4.78 is 21.8. The standard InChI is InChI=1S/C31H61N2O7P/c1-3-5-7-9-11-13-15-16-18-20-22-28(34)26-31(36)33-29(27-40-41(37,38)39-25-24-32)30(35)23-21-19-17-14-12-10-8-6-4-2/h12,14,21,23,28-30,34-35H,3-11,13,15-20,22,24-27,32H2,1-2H3,(H,33,36)(H,37,38)/b14-12+,23-21+. The van der Waals surface area contributed by atoms with Gasteiger partial charge in [-0.15, -0.1) is 0 Å². The van der Waals surface area contributed by atoms with Crippen LogP contribution in [0.4, 0.5) is 0 Å². The average molecular weight is 605 g/mol. The van der Waals surface area contributed by atoms with Gasteiger partial charge in [-0.3, -0.25) is 13.8 Å². The van der Waals surface area contributed by atoms with Gasteiger partial charge in [0.2, 0.25) is 5.91 Å². The minimum Gasteiger partial charge on any atom is -0.393 e. The number of amides is 1. The Bertz CT molecular complexity index is 721. The van der Waals surface area contributed by atoms with Gasteiger partial charge in [-0.2, -0.15) is 0 Å². The lowest BCUT2D eigenvalue weighted by molar-refractivity contribution is -0.124. The largest absolute Gasteiger partial charge is 0.472 e. The van der Waals surface area contributed by atoms with E-state index >= 15 is 0 Å². The fraction of sp³-hybridized carbons (Fsp3) is 0.839. The molecule has 0 saturated carbocycles. The van der Waals surface area contributed by atoms with Crippen LogP contribution in [0.5, 0.6) is 0 Å². The SMILES string of the molecule is CCCCC/C=C/CC/C=C/C(O)C(COP(=O)(O)OCCN)NC(=O)CC(O)CCCCCCCCCCCC. The molecule has 0 spiro atoms. The van der Waals surface area contributed by atoms with E-state index in [-0.39, 0.29) is 19.6 Å². The second-order valence-electron chi connectivity index (χ2n) is 10.9. The van der Waals surface area contributed by atoms with Gasteiger partial charge in [0.15, 0.2) is 0 Å². The van der Waals surface area contributed by atoms with Crippen LogP contribution in [0.15, 0.2) is 24.3 Å². The van der Waals surface area contributed by atoms with E-state index in [2.05, 4.69) is 31.3 Å². The van der Waals surface area contributed by atoms with Crippen LogP contribution >= 0.6 is 7.82 Å². The van der Waals surface area contributed by atoms with Crippen molar-refractivity contribution in [2.45, 2.75) is 148 Å². The number of unbranched alkanes of at least 4 members (excludes halogenated alkanes) is 13. The summed E-state index contributed by atoms with van der Waals surface area (Å²) in [6, 6.07) is -0.991. The van der Waals surface area contributed by atoms with Gasteiger partial charge in [0.05, 0.1) is 37.9 Å². The minimum atomic E-state index is -4.39. The number of nitrogens with two attached hydrogens (primary N) is 1. The summed E-state index contributed by atoms with van der Waals surface area (Å²) in [5.41, 5.74) is 5.31. The first kappa shape index (κ1) is 39.9. The van der Waals surface area contributed by atoms with Crippen LogP contribution in [0.2, 0.25) is 0 Å². The van der Waals surface area contributed by atoms with Gasteiger partial charge < -0.3 is 26.2 Å². The molecule has 0 radical (unpaired) electrons. The average Bonchev–Trinajstić information content (AvgIpc) is 2.94. The van der Waals surface area contributed by atoms with Crippen LogP contribution in [0.3, 0.4) is 0 Å². The molecule has 0 aromatic heterocycles. The first-order valence-corrected chi connectivity index (χ1v) is 17.5. The van der Waals surface area contributed by atoms with Crippen molar-refractivity contribution in [3.63, 3.8) is 0 Å². The highest BCUT2D eigenvalue weighted by atomic mass is 31.2. The molecule has 0 aromatic carbocycles. The Morgan fingerprint density at radius 3 is 2.02 bits per heavy atom. The number of hydrogen-bond acceptors (Lipinski definition) is 7. The third-order valence-corrected chi connectivity index (χ3v) is 7.82. The van der Waals surface area contributed by atoms with Crippen molar-refractivity contribution in [2.75, 3.05) is 19.8 Å². The maximum atomic E-state index is 12.6. The Morgan fingerprint density at radius 1 is 0.829 bits per heavy atom. The summed E-state index contributed by atoms with van der Waals surface area (Å²) in [5, 5.41) is 23.7. The number of phosphoric acid groups is 1. The van der Waals surface area contributed by atoms with Crippen molar-refractivity contribution in [3.8, 4) is 0 Å². The summed E-state index contributed by atoms with van der Waals surface area (Å²) in [7, 11) is -4.39. The molecule has 4 unspecified atom stereocenters. The number of aliphatic hydroxyl groups is 2. The first-order chi connectivity index (χ1) is 19.8. The predicted molar refractivity (Wildman–Crippen MR) is 167 cm³/mol. The molecular weight excluding hydrogens is 543 g/mol. The lowest BCUT2D eigenvalue weighted by Crippen LogP contribution is -2.46. The van der Waals surface area contributed by atoms with E-state index in [0.717, 1.165) is 32.1 Å². The van der Waals surface area contributed by atoms with Gasteiger partial charge in [0.25, 0.3) is 0 Å². The fourth-order valence-electron chi connectivity index (χ4n) is 4.36. The van der Waals surface area contributed by atoms with E-state index in [0.29, 0.717) is 12.8 Å². The molecule has 242 valence electrons. The Kier molecular flexibility index (Phi) is 27.0. The summed E-state index contributed by atoms with van der Waals surface area (Å²) in [5.74, 6) is -0.462. The van der Waals surface area contributed by atoms with Crippen molar-refractivity contribution in [1.82, 2.24) is 5.32 Å². The predicted octanol–water partition coefficient (Wildman–Crippen LogP) is 6.46. The zero-order valence-corrected chi connectivity index (χ0v) is 26.8. The van der Waals surface area contributed by atoms with Crippen molar-refractivity contribution in [1.29, 1.82) is 0 Å². The van der Waals surface area contributed by atoms with Crippen molar-refractivity contribution in [2.24, 2.45) is 5.73 Å². The fourth-order valence-corrected chi connectivity index (χ4v) is 5.12. The molecule has 0 saturated heterocycles. The first-order valence-electron chi connectivity index (χ1n) is 16.0. The van der Waals surface area contributed by atoms with E-state index in [4.69, 9.17) is 14.8 Å². The van der Waals surface area contributed by atoms with Crippen LogP contribution in [-0.2, 0) is 18.4 Å². The van der Waals surface area contributed by atoms with Crippen LogP contribution in [0.1, 0.15) is 129 Å². The molecule has 41 heavy (non-hydrogen) atoms. The van der Waals surface area contributed by atoms with Gasteiger partial charge in [0, 0.05) is 6.54 Å². The van der Waals surface area contributed by atoms with Gasteiger partial charge in [-0.05, 0) is 32.1 Å². The van der Waals surface area contributed by atoms with Gasteiger partial charge >= 0.3 is 7.82 Å². The van der Waals surface area contributed by atoms with Crippen LogP contribution < -0.4 is 11.1 Å². The highest BCUT2D eigenvalue weighted by Crippen LogP contribution is 2.43. The molecule has 6 N–H and O–H groups in total. The maximum Gasteiger partial charge on any atom is 0.472 e. The van der Waals surface area contributed by atoms with Crippen LogP contribution in [0, 0.1) is 0 Å². The summed E-state index contributed by atoms with van der Waals surface area (Å²) in [4.78, 5) is 22.4.